The first-order valence-electron chi connectivity index (χ1n) is 6.51. The molecule has 2 heterocycles. The molecule has 2 rings (SSSR count). The van der Waals surface area contributed by atoms with Crippen molar-refractivity contribution in [3.05, 3.63) is 0 Å². The molecule has 4 nitrogen and oxygen atoms in total. The summed E-state index contributed by atoms with van der Waals surface area (Å²) >= 11 is 0. The lowest BCUT2D eigenvalue weighted by atomic mass is 9.95. The van der Waals surface area contributed by atoms with E-state index in [1.807, 2.05) is 0 Å². The lowest BCUT2D eigenvalue weighted by molar-refractivity contribution is 0.0184. The van der Waals surface area contributed by atoms with Gasteiger partial charge in [-0.2, -0.15) is 0 Å². The zero-order chi connectivity index (χ0) is 11.4. The van der Waals surface area contributed by atoms with Gasteiger partial charge < -0.3 is 20.1 Å². The van der Waals surface area contributed by atoms with Crippen molar-refractivity contribution in [1.29, 1.82) is 0 Å². The number of aliphatic hydroxyl groups is 1. The quantitative estimate of drug-likeness (QED) is 0.714. The van der Waals surface area contributed by atoms with E-state index in [0.29, 0.717) is 12.0 Å². The second-order valence-corrected chi connectivity index (χ2v) is 4.99. The van der Waals surface area contributed by atoms with Crippen LogP contribution in [-0.4, -0.2) is 61.5 Å². The molecule has 0 aromatic rings. The van der Waals surface area contributed by atoms with E-state index in [1.54, 1.807) is 0 Å². The van der Waals surface area contributed by atoms with Gasteiger partial charge in [-0.05, 0) is 19.4 Å². The molecule has 0 bridgehead atoms. The summed E-state index contributed by atoms with van der Waals surface area (Å²) in [7, 11) is 0. The van der Waals surface area contributed by atoms with E-state index in [2.05, 4.69) is 17.1 Å². The number of nitrogens with zero attached hydrogens (tertiary/aromatic N) is 1. The molecule has 94 valence electrons. The van der Waals surface area contributed by atoms with Gasteiger partial charge in [-0.25, -0.2) is 0 Å². The molecule has 2 aliphatic heterocycles. The summed E-state index contributed by atoms with van der Waals surface area (Å²) in [5, 5.41) is 13.1. The predicted molar refractivity (Wildman–Crippen MR) is 63.5 cm³/mol. The minimum Gasteiger partial charge on any atom is -0.392 e. The maximum atomic E-state index is 9.51. The van der Waals surface area contributed by atoms with Gasteiger partial charge in [0, 0.05) is 38.2 Å². The fraction of sp³-hybridized carbons (Fsp3) is 1.00. The predicted octanol–water partition coefficient (Wildman–Crippen LogP) is 0.0676. The number of aliphatic hydroxyl groups excluding tert-OH is 1. The number of ether oxygens (including phenoxy) is 1. The number of hydrogen-bond donors (Lipinski definition) is 2. The topological polar surface area (TPSA) is 44.7 Å². The van der Waals surface area contributed by atoms with Crippen molar-refractivity contribution in [3.63, 3.8) is 0 Å². The number of likely N-dealkylation sites (tertiary alicyclic amines) is 1. The molecule has 0 aromatic carbocycles. The van der Waals surface area contributed by atoms with Crippen molar-refractivity contribution in [3.8, 4) is 0 Å². The van der Waals surface area contributed by atoms with Gasteiger partial charge in [0.25, 0.3) is 0 Å². The average Bonchev–Trinajstić information content (AvgIpc) is 2.67. The zero-order valence-electron chi connectivity index (χ0n) is 10.2. The van der Waals surface area contributed by atoms with E-state index in [0.717, 1.165) is 52.2 Å². The van der Waals surface area contributed by atoms with Crippen molar-refractivity contribution in [2.45, 2.75) is 31.9 Å². The Hall–Kier alpha value is -0.160. The minimum atomic E-state index is -0.109. The summed E-state index contributed by atoms with van der Waals surface area (Å²) in [4.78, 5) is 2.37. The van der Waals surface area contributed by atoms with Gasteiger partial charge in [-0.15, -0.1) is 0 Å². The highest BCUT2D eigenvalue weighted by Crippen LogP contribution is 2.19. The SMILES string of the molecule is CCNC1CCOCC1CN1CCC(O)C1. The summed E-state index contributed by atoms with van der Waals surface area (Å²) in [6, 6.07) is 0.594. The molecule has 0 aromatic heterocycles. The zero-order valence-corrected chi connectivity index (χ0v) is 10.2. The van der Waals surface area contributed by atoms with Gasteiger partial charge >= 0.3 is 0 Å². The Morgan fingerprint density at radius 3 is 3.00 bits per heavy atom. The van der Waals surface area contributed by atoms with E-state index < -0.39 is 0 Å². The highest BCUT2D eigenvalue weighted by Gasteiger charge is 2.29. The Balaban J connectivity index is 1.81. The molecule has 2 N–H and O–H groups in total. The van der Waals surface area contributed by atoms with Crippen molar-refractivity contribution >= 4 is 0 Å². The fourth-order valence-corrected chi connectivity index (χ4v) is 2.82. The van der Waals surface area contributed by atoms with Gasteiger partial charge in [0.2, 0.25) is 0 Å². The smallest absolute Gasteiger partial charge is 0.0679 e. The second-order valence-electron chi connectivity index (χ2n) is 4.99. The normalized spacial score (nSPS) is 36.8. The Bertz CT molecular complexity index is 211. The largest absolute Gasteiger partial charge is 0.392 e. The van der Waals surface area contributed by atoms with Gasteiger partial charge in [-0.3, -0.25) is 0 Å². The molecule has 4 heteroatoms. The molecule has 16 heavy (non-hydrogen) atoms. The second kappa shape index (κ2) is 5.96. The maximum Gasteiger partial charge on any atom is 0.0679 e. The molecule has 0 amide bonds. The van der Waals surface area contributed by atoms with E-state index in [4.69, 9.17) is 4.74 Å². The van der Waals surface area contributed by atoms with Crippen LogP contribution in [0, 0.1) is 5.92 Å². The Morgan fingerprint density at radius 1 is 1.44 bits per heavy atom. The number of rotatable bonds is 4. The van der Waals surface area contributed by atoms with Crippen molar-refractivity contribution in [1.82, 2.24) is 10.2 Å². The molecule has 2 aliphatic rings. The Labute approximate surface area is 98.0 Å². The van der Waals surface area contributed by atoms with Crippen LogP contribution in [0.4, 0.5) is 0 Å². The van der Waals surface area contributed by atoms with Crippen LogP contribution in [0.25, 0.3) is 0 Å². The fourth-order valence-electron chi connectivity index (χ4n) is 2.82. The molecule has 3 atom stereocenters. The standard InChI is InChI=1S/C12H24N2O2/c1-2-13-12-4-6-16-9-10(12)7-14-5-3-11(15)8-14/h10-13,15H,2-9H2,1H3. The van der Waals surface area contributed by atoms with Crippen molar-refractivity contribution in [2.24, 2.45) is 5.92 Å². The molecule has 2 fully saturated rings. The van der Waals surface area contributed by atoms with Crippen LogP contribution in [-0.2, 0) is 4.74 Å². The van der Waals surface area contributed by atoms with Crippen LogP contribution in [0.2, 0.25) is 0 Å². The third-order valence-corrected chi connectivity index (χ3v) is 3.68. The third kappa shape index (κ3) is 3.17. The van der Waals surface area contributed by atoms with Crippen LogP contribution in [0.1, 0.15) is 19.8 Å². The van der Waals surface area contributed by atoms with Crippen LogP contribution >= 0.6 is 0 Å². The maximum absolute atomic E-state index is 9.51. The summed E-state index contributed by atoms with van der Waals surface area (Å²) in [5.41, 5.74) is 0. The van der Waals surface area contributed by atoms with Gasteiger partial charge in [0.15, 0.2) is 0 Å². The third-order valence-electron chi connectivity index (χ3n) is 3.68. The first kappa shape index (κ1) is 12.3. The van der Waals surface area contributed by atoms with Gasteiger partial charge in [0.05, 0.1) is 12.7 Å². The number of hydrogen-bond acceptors (Lipinski definition) is 4. The number of nitrogens with one attached hydrogen (secondary N) is 1. The minimum absolute atomic E-state index is 0.109. The first-order valence-corrected chi connectivity index (χ1v) is 6.51. The lowest BCUT2D eigenvalue weighted by Gasteiger charge is -2.34. The molecule has 0 spiro atoms. The van der Waals surface area contributed by atoms with E-state index >= 15 is 0 Å². The summed E-state index contributed by atoms with van der Waals surface area (Å²) < 4.78 is 5.57. The van der Waals surface area contributed by atoms with Gasteiger partial charge in [0.1, 0.15) is 0 Å². The summed E-state index contributed by atoms with van der Waals surface area (Å²) in [5.74, 6) is 0.582. The van der Waals surface area contributed by atoms with Crippen LogP contribution in [0.15, 0.2) is 0 Å². The van der Waals surface area contributed by atoms with E-state index in [9.17, 15) is 5.11 Å². The van der Waals surface area contributed by atoms with Crippen LogP contribution < -0.4 is 5.32 Å². The highest BCUT2D eigenvalue weighted by molar-refractivity contribution is 4.84. The van der Waals surface area contributed by atoms with Crippen LogP contribution in [0.3, 0.4) is 0 Å². The van der Waals surface area contributed by atoms with E-state index in [1.165, 1.54) is 0 Å². The Morgan fingerprint density at radius 2 is 2.31 bits per heavy atom. The molecular weight excluding hydrogens is 204 g/mol. The van der Waals surface area contributed by atoms with Crippen molar-refractivity contribution in [2.75, 3.05) is 39.4 Å². The average molecular weight is 228 g/mol. The first-order chi connectivity index (χ1) is 7.79. The molecular formula is C12H24N2O2. The molecule has 3 unspecified atom stereocenters. The molecule has 0 saturated carbocycles. The monoisotopic (exact) mass is 228 g/mol. The van der Waals surface area contributed by atoms with E-state index in [-0.39, 0.29) is 6.10 Å². The Kier molecular flexibility index (Phi) is 4.58. The van der Waals surface area contributed by atoms with Gasteiger partial charge in [-0.1, -0.05) is 6.92 Å². The summed E-state index contributed by atoms with van der Waals surface area (Å²) in [6.45, 7) is 7.89. The summed E-state index contributed by atoms with van der Waals surface area (Å²) in [6.07, 6.45) is 1.94. The number of β-amino-alcohol motifs (C(OH)–C–C–N with tert-alkyl or cyclic N) is 1. The van der Waals surface area contributed by atoms with Crippen LogP contribution in [0.5, 0.6) is 0 Å². The lowest BCUT2D eigenvalue weighted by Crippen LogP contribution is -2.47. The molecule has 0 aliphatic carbocycles. The van der Waals surface area contributed by atoms with Crippen molar-refractivity contribution < 1.29 is 9.84 Å². The highest BCUT2D eigenvalue weighted by atomic mass is 16.5. The molecule has 0 radical (unpaired) electrons. The molecule has 2 saturated heterocycles.